The van der Waals surface area contributed by atoms with E-state index in [0.717, 1.165) is 32.4 Å². The molecule has 0 aliphatic carbocycles. The molecule has 2 N–H and O–H groups in total. The molecule has 0 bridgehead atoms. The van der Waals surface area contributed by atoms with Crippen LogP contribution in [0.4, 0.5) is 0 Å². The van der Waals surface area contributed by atoms with Gasteiger partial charge in [-0.2, -0.15) is 0 Å². The lowest BCUT2D eigenvalue weighted by atomic mass is 10.1. The first kappa shape index (κ1) is 24.6. The molecule has 0 spiro atoms. The van der Waals surface area contributed by atoms with Crippen LogP contribution in [0.1, 0.15) is 87.0 Å². The average molecular weight is 331 g/mol. The van der Waals surface area contributed by atoms with Gasteiger partial charge in [-0.05, 0) is 52.6 Å². The summed E-state index contributed by atoms with van der Waals surface area (Å²) in [5.74, 6) is -0.0894. The van der Waals surface area contributed by atoms with Gasteiger partial charge < -0.3 is 15.4 Å². The van der Waals surface area contributed by atoms with Crippen molar-refractivity contribution in [2.45, 2.75) is 105 Å². The number of carbonyl (C=O) groups is 1. The lowest BCUT2D eigenvalue weighted by Gasteiger charge is -2.15. The van der Waals surface area contributed by atoms with Crippen LogP contribution >= 0.6 is 0 Å². The molecule has 1 aliphatic heterocycles. The molecule has 1 fully saturated rings. The van der Waals surface area contributed by atoms with Gasteiger partial charge in [-0.25, -0.2) is 0 Å². The summed E-state index contributed by atoms with van der Waals surface area (Å²) >= 11 is 0. The number of rotatable bonds is 9. The Balaban J connectivity index is 0. The molecular formula is C19H42N2O2. The largest absolute Gasteiger partial charge is 0.462 e. The molecule has 0 aromatic heterocycles. The zero-order valence-electron chi connectivity index (χ0n) is 16.7. The summed E-state index contributed by atoms with van der Waals surface area (Å²) in [5, 5.41) is 6.85. The number of nitrogens with one attached hydrogen (secondary N) is 2. The summed E-state index contributed by atoms with van der Waals surface area (Å²) in [6, 6.07) is 0.371. The number of ether oxygens (including phenoxy) is 1. The first-order chi connectivity index (χ1) is 11.1. The Bertz CT molecular complexity index is 258. The summed E-state index contributed by atoms with van der Waals surface area (Å²) in [6.45, 7) is 16.2. The molecule has 0 aromatic rings. The number of carbonyl (C=O) groups excluding carboxylic acids is 1. The summed E-state index contributed by atoms with van der Waals surface area (Å²) in [4.78, 5) is 11.7. The number of hydrogen-bond acceptors (Lipinski definition) is 4. The first-order valence-corrected chi connectivity index (χ1v) is 9.80. The van der Waals surface area contributed by atoms with Crippen LogP contribution in [0.25, 0.3) is 0 Å². The van der Waals surface area contributed by atoms with Crippen LogP contribution in [0, 0.1) is 0 Å². The fourth-order valence-corrected chi connectivity index (χ4v) is 2.45. The Morgan fingerprint density at radius 2 is 1.78 bits per heavy atom. The SMILES string of the molecule is CC.CC.CCCCCNCCC1CCC(C(=O)OC(C)C)N1. The summed E-state index contributed by atoms with van der Waals surface area (Å²) in [5.41, 5.74) is 0. The third kappa shape index (κ3) is 13.5. The predicted molar refractivity (Wildman–Crippen MR) is 101 cm³/mol. The highest BCUT2D eigenvalue weighted by molar-refractivity contribution is 5.76. The van der Waals surface area contributed by atoms with E-state index in [9.17, 15) is 4.79 Å². The van der Waals surface area contributed by atoms with Crippen LogP contribution < -0.4 is 10.6 Å². The fourth-order valence-electron chi connectivity index (χ4n) is 2.45. The van der Waals surface area contributed by atoms with Crippen LogP contribution in [-0.2, 0) is 9.53 Å². The third-order valence-electron chi connectivity index (χ3n) is 3.50. The second kappa shape index (κ2) is 17.7. The van der Waals surface area contributed by atoms with Crippen molar-refractivity contribution in [1.29, 1.82) is 0 Å². The zero-order chi connectivity index (χ0) is 18.1. The van der Waals surface area contributed by atoms with Crippen molar-refractivity contribution in [2.24, 2.45) is 0 Å². The normalized spacial score (nSPS) is 19.5. The zero-order valence-corrected chi connectivity index (χ0v) is 16.7. The second-order valence-corrected chi connectivity index (χ2v) is 5.72. The highest BCUT2D eigenvalue weighted by Gasteiger charge is 2.30. The van der Waals surface area contributed by atoms with E-state index in [-0.39, 0.29) is 18.1 Å². The lowest BCUT2D eigenvalue weighted by Crippen LogP contribution is -2.38. The van der Waals surface area contributed by atoms with Crippen molar-refractivity contribution in [1.82, 2.24) is 10.6 Å². The van der Waals surface area contributed by atoms with Crippen LogP contribution in [0.2, 0.25) is 0 Å². The molecule has 1 heterocycles. The van der Waals surface area contributed by atoms with Crippen molar-refractivity contribution in [3.05, 3.63) is 0 Å². The highest BCUT2D eigenvalue weighted by Crippen LogP contribution is 2.16. The van der Waals surface area contributed by atoms with Gasteiger partial charge in [0, 0.05) is 6.04 Å². The maximum atomic E-state index is 11.7. The van der Waals surface area contributed by atoms with Gasteiger partial charge in [0.15, 0.2) is 0 Å². The maximum absolute atomic E-state index is 11.7. The van der Waals surface area contributed by atoms with Crippen molar-refractivity contribution in [3.8, 4) is 0 Å². The molecule has 0 amide bonds. The van der Waals surface area contributed by atoms with E-state index in [0.29, 0.717) is 6.04 Å². The Morgan fingerprint density at radius 1 is 1.13 bits per heavy atom. The van der Waals surface area contributed by atoms with E-state index in [1.807, 2.05) is 41.5 Å². The minimum Gasteiger partial charge on any atom is -0.462 e. The van der Waals surface area contributed by atoms with E-state index in [4.69, 9.17) is 4.74 Å². The second-order valence-electron chi connectivity index (χ2n) is 5.72. The van der Waals surface area contributed by atoms with Gasteiger partial charge >= 0.3 is 5.97 Å². The van der Waals surface area contributed by atoms with E-state index in [1.165, 1.54) is 19.3 Å². The monoisotopic (exact) mass is 330 g/mol. The molecule has 1 rings (SSSR count). The van der Waals surface area contributed by atoms with Gasteiger partial charge in [0.05, 0.1) is 6.10 Å². The quantitative estimate of drug-likeness (QED) is 0.489. The van der Waals surface area contributed by atoms with Gasteiger partial charge in [0.1, 0.15) is 6.04 Å². The van der Waals surface area contributed by atoms with E-state index >= 15 is 0 Å². The van der Waals surface area contributed by atoms with Gasteiger partial charge in [-0.15, -0.1) is 0 Å². The van der Waals surface area contributed by atoms with E-state index in [2.05, 4.69) is 17.6 Å². The minimum atomic E-state index is -0.0903. The molecule has 140 valence electrons. The van der Waals surface area contributed by atoms with E-state index < -0.39 is 0 Å². The smallest absolute Gasteiger partial charge is 0.323 e. The fraction of sp³-hybridized carbons (Fsp3) is 0.947. The summed E-state index contributed by atoms with van der Waals surface area (Å²) in [6.07, 6.45) is 6.90. The van der Waals surface area contributed by atoms with Gasteiger partial charge in [0.2, 0.25) is 0 Å². The first-order valence-electron chi connectivity index (χ1n) is 9.80. The number of unbranched alkanes of at least 4 members (excludes halogenated alkanes) is 2. The van der Waals surface area contributed by atoms with Crippen molar-refractivity contribution >= 4 is 5.97 Å². The van der Waals surface area contributed by atoms with Crippen LogP contribution in [0.5, 0.6) is 0 Å². The van der Waals surface area contributed by atoms with Crippen molar-refractivity contribution in [3.63, 3.8) is 0 Å². The van der Waals surface area contributed by atoms with Gasteiger partial charge in [-0.1, -0.05) is 47.5 Å². The minimum absolute atomic E-state index is 0.0198. The molecule has 1 saturated heterocycles. The van der Waals surface area contributed by atoms with Gasteiger partial charge in [-0.3, -0.25) is 4.79 Å². The van der Waals surface area contributed by atoms with Gasteiger partial charge in [0.25, 0.3) is 0 Å². The van der Waals surface area contributed by atoms with Crippen molar-refractivity contribution in [2.75, 3.05) is 13.1 Å². The van der Waals surface area contributed by atoms with Crippen molar-refractivity contribution < 1.29 is 9.53 Å². The third-order valence-corrected chi connectivity index (χ3v) is 3.50. The Kier molecular flexibility index (Phi) is 19.0. The molecule has 4 nitrogen and oxygen atoms in total. The lowest BCUT2D eigenvalue weighted by molar-refractivity contribution is -0.149. The molecule has 23 heavy (non-hydrogen) atoms. The van der Waals surface area contributed by atoms with Crippen LogP contribution in [0.3, 0.4) is 0 Å². The number of esters is 1. The average Bonchev–Trinajstić information content (AvgIpc) is 3.03. The molecule has 1 aliphatic rings. The summed E-state index contributed by atoms with van der Waals surface area (Å²) < 4.78 is 5.24. The maximum Gasteiger partial charge on any atom is 0.323 e. The Hall–Kier alpha value is -0.610. The van der Waals surface area contributed by atoms with Crippen LogP contribution in [-0.4, -0.2) is 37.2 Å². The molecule has 0 saturated carbocycles. The molecule has 4 heteroatoms. The number of hydrogen-bond donors (Lipinski definition) is 2. The van der Waals surface area contributed by atoms with Crippen LogP contribution in [0.15, 0.2) is 0 Å². The molecule has 2 atom stereocenters. The highest BCUT2D eigenvalue weighted by atomic mass is 16.5. The molecular weight excluding hydrogens is 288 g/mol. The standard InChI is InChI=1S/C15H30N2O2.2C2H6/c1-4-5-6-10-16-11-9-13-7-8-14(17-13)15(18)19-12(2)3;2*1-2/h12-14,16-17H,4-11H2,1-3H3;2*1-2H3. The van der Waals surface area contributed by atoms with E-state index in [1.54, 1.807) is 0 Å². The molecule has 2 unspecified atom stereocenters. The molecule has 0 aromatic carbocycles. The molecule has 0 radical (unpaired) electrons. The summed E-state index contributed by atoms with van der Waals surface area (Å²) in [7, 11) is 0. The predicted octanol–water partition coefficient (Wildman–Crippen LogP) is 4.28. The topological polar surface area (TPSA) is 50.4 Å². The Morgan fingerprint density at radius 3 is 2.35 bits per heavy atom. The Labute approximate surface area is 145 Å².